The van der Waals surface area contributed by atoms with E-state index in [0.29, 0.717) is 0 Å². The van der Waals surface area contributed by atoms with Crippen LogP contribution in [-0.4, -0.2) is 14.7 Å². The van der Waals surface area contributed by atoms with Gasteiger partial charge in [0.2, 0.25) is 0 Å². The number of benzene rings is 2. The molecule has 4 nitrogen and oxygen atoms in total. The van der Waals surface area contributed by atoms with Crippen LogP contribution >= 0.6 is 7.82 Å². The minimum Gasteiger partial charge on any atom is -0.303 e. The second kappa shape index (κ2) is 8.11. The molecule has 0 spiro atoms. The highest BCUT2D eigenvalue weighted by Gasteiger charge is 2.06. The zero-order valence-electron chi connectivity index (χ0n) is 12.2. The van der Waals surface area contributed by atoms with E-state index in [1.165, 1.54) is 22.3 Å². The first kappa shape index (κ1) is 17.6. The lowest BCUT2D eigenvalue weighted by atomic mass is 9.93. The highest BCUT2D eigenvalue weighted by Crippen LogP contribution is 2.27. The van der Waals surface area contributed by atoms with Crippen molar-refractivity contribution in [3.63, 3.8) is 0 Å². The first-order valence-corrected chi connectivity index (χ1v) is 8.37. The maximum atomic E-state index is 8.88. The van der Waals surface area contributed by atoms with Crippen molar-refractivity contribution >= 4 is 7.82 Å². The van der Waals surface area contributed by atoms with Crippen molar-refractivity contribution in [3.05, 3.63) is 59.7 Å². The van der Waals surface area contributed by atoms with Crippen LogP contribution in [0.15, 0.2) is 48.5 Å². The summed E-state index contributed by atoms with van der Waals surface area (Å²) in [6, 6.07) is 17.3. The van der Waals surface area contributed by atoms with Crippen LogP contribution in [0.4, 0.5) is 0 Å². The fourth-order valence-electron chi connectivity index (χ4n) is 2.27. The van der Waals surface area contributed by atoms with E-state index in [4.69, 9.17) is 19.2 Å². The van der Waals surface area contributed by atoms with Crippen molar-refractivity contribution in [3.8, 4) is 11.1 Å². The lowest BCUT2D eigenvalue weighted by Gasteiger charge is -2.12. The molecule has 0 radical (unpaired) electrons. The van der Waals surface area contributed by atoms with E-state index < -0.39 is 7.82 Å². The molecule has 0 aliphatic heterocycles. The molecule has 2 rings (SSSR count). The number of aryl methyl sites for hydroxylation is 1. The van der Waals surface area contributed by atoms with Gasteiger partial charge >= 0.3 is 7.82 Å². The number of hydrogen-bond donors (Lipinski definition) is 3. The molecule has 0 heterocycles. The summed E-state index contributed by atoms with van der Waals surface area (Å²) < 4.78 is 8.88. The molecule has 0 bridgehead atoms. The Hall–Kier alpha value is -1.45. The molecule has 0 saturated carbocycles. The Labute approximate surface area is 125 Å². The first-order valence-electron chi connectivity index (χ1n) is 6.81. The Morgan fingerprint density at radius 3 is 1.90 bits per heavy atom. The summed E-state index contributed by atoms with van der Waals surface area (Å²) in [5.41, 5.74) is 5.69. The van der Waals surface area contributed by atoms with Crippen LogP contribution in [0.1, 0.15) is 25.0 Å². The molecule has 3 N–H and O–H groups in total. The van der Waals surface area contributed by atoms with E-state index in [0.717, 1.165) is 12.8 Å². The summed E-state index contributed by atoms with van der Waals surface area (Å²) in [6.45, 7) is 4.46. The molecule has 2 aromatic carbocycles. The third kappa shape index (κ3) is 6.23. The molecular formula is C16H21O4P. The first-order chi connectivity index (χ1) is 9.86. The molecule has 21 heavy (non-hydrogen) atoms. The van der Waals surface area contributed by atoms with Gasteiger partial charge in [-0.05, 0) is 35.1 Å². The molecule has 0 amide bonds. The van der Waals surface area contributed by atoms with Crippen LogP contribution in [0, 0.1) is 0 Å². The number of phosphoric acid groups is 1. The summed E-state index contributed by atoms with van der Waals surface area (Å²) in [7, 11) is -4.64. The van der Waals surface area contributed by atoms with Crippen LogP contribution in [0.3, 0.4) is 0 Å². The summed E-state index contributed by atoms with van der Waals surface area (Å²) >= 11 is 0. The quantitative estimate of drug-likeness (QED) is 0.758. The Balaban J connectivity index is 0.000000383. The molecule has 0 atom stereocenters. The van der Waals surface area contributed by atoms with Crippen molar-refractivity contribution in [2.24, 2.45) is 0 Å². The minimum atomic E-state index is -4.64. The Kier molecular flexibility index (Phi) is 6.79. The van der Waals surface area contributed by atoms with E-state index in [1.807, 2.05) is 0 Å². The number of rotatable bonds is 3. The average Bonchev–Trinajstić information content (AvgIpc) is 2.45. The van der Waals surface area contributed by atoms with Gasteiger partial charge in [-0.2, -0.15) is 0 Å². The van der Waals surface area contributed by atoms with Gasteiger partial charge < -0.3 is 14.7 Å². The predicted molar refractivity (Wildman–Crippen MR) is 84.9 cm³/mol. The second-order valence-electron chi connectivity index (χ2n) is 4.53. The molecule has 114 valence electrons. The van der Waals surface area contributed by atoms with Gasteiger partial charge in [-0.3, -0.25) is 0 Å². The standard InChI is InChI=1S/C16H18.H3O4P/c1-3-13-11-8-12-16(15(13)4-2)14-9-6-5-7-10-14;1-5(2,3)4/h5-12H,3-4H2,1-2H3;(H3,1,2,3,4). The molecule has 0 aliphatic carbocycles. The van der Waals surface area contributed by atoms with Crippen LogP contribution in [0.2, 0.25) is 0 Å². The smallest absolute Gasteiger partial charge is 0.303 e. The number of hydrogen-bond acceptors (Lipinski definition) is 1. The van der Waals surface area contributed by atoms with Crippen molar-refractivity contribution in [1.82, 2.24) is 0 Å². The van der Waals surface area contributed by atoms with Gasteiger partial charge in [0.05, 0.1) is 0 Å². The highest BCUT2D eigenvalue weighted by molar-refractivity contribution is 7.45. The van der Waals surface area contributed by atoms with Gasteiger partial charge in [-0.25, -0.2) is 4.57 Å². The van der Waals surface area contributed by atoms with Gasteiger partial charge in [0.15, 0.2) is 0 Å². The van der Waals surface area contributed by atoms with Crippen molar-refractivity contribution < 1.29 is 19.2 Å². The largest absolute Gasteiger partial charge is 0.466 e. The summed E-state index contributed by atoms with van der Waals surface area (Å²) in [4.78, 5) is 21.6. The van der Waals surface area contributed by atoms with Gasteiger partial charge in [-0.1, -0.05) is 62.4 Å². The summed E-state index contributed by atoms with van der Waals surface area (Å²) in [5.74, 6) is 0. The minimum absolute atomic E-state index is 1.11. The molecule has 2 aromatic rings. The third-order valence-electron chi connectivity index (χ3n) is 3.09. The summed E-state index contributed by atoms with van der Waals surface area (Å²) in [5, 5.41) is 0. The van der Waals surface area contributed by atoms with Crippen LogP contribution in [0.25, 0.3) is 11.1 Å². The van der Waals surface area contributed by atoms with Gasteiger partial charge in [0.1, 0.15) is 0 Å². The van der Waals surface area contributed by atoms with Gasteiger partial charge in [0, 0.05) is 0 Å². The zero-order chi connectivity index (χ0) is 15.9. The van der Waals surface area contributed by atoms with Gasteiger partial charge in [0.25, 0.3) is 0 Å². The van der Waals surface area contributed by atoms with Crippen molar-refractivity contribution in [2.45, 2.75) is 26.7 Å². The topological polar surface area (TPSA) is 77.8 Å². The Morgan fingerprint density at radius 2 is 1.43 bits per heavy atom. The normalized spacial score (nSPS) is 10.7. The SMILES string of the molecule is CCc1cccc(-c2ccccc2)c1CC.O=P(O)(O)O. The average molecular weight is 308 g/mol. The zero-order valence-corrected chi connectivity index (χ0v) is 13.1. The molecule has 0 fully saturated rings. The summed E-state index contributed by atoms with van der Waals surface area (Å²) in [6.07, 6.45) is 2.22. The molecular weight excluding hydrogens is 287 g/mol. The monoisotopic (exact) mass is 308 g/mol. The van der Waals surface area contributed by atoms with Crippen LogP contribution < -0.4 is 0 Å². The predicted octanol–water partition coefficient (Wildman–Crippen LogP) is 3.55. The molecule has 0 aliphatic rings. The molecule has 5 heteroatoms. The van der Waals surface area contributed by atoms with Crippen molar-refractivity contribution in [1.29, 1.82) is 0 Å². The van der Waals surface area contributed by atoms with E-state index in [2.05, 4.69) is 62.4 Å². The lowest BCUT2D eigenvalue weighted by molar-refractivity contribution is 0.275. The van der Waals surface area contributed by atoms with Gasteiger partial charge in [-0.15, -0.1) is 0 Å². The maximum absolute atomic E-state index is 8.88. The van der Waals surface area contributed by atoms with E-state index >= 15 is 0 Å². The third-order valence-corrected chi connectivity index (χ3v) is 3.09. The van der Waals surface area contributed by atoms with Crippen LogP contribution in [-0.2, 0) is 17.4 Å². The van der Waals surface area contributed by atoms with E-state index in [-0.39, 0.29) is 0 Å². The maximum Gasteiger partial charge on any atom is 0.466 e. The van der Waals surface area contributed by atoms with Crippen molar-refractivity contribution in [2.75, 3.05) is 0 Å². The van der Waals surface area contributed by atoms with Crippen LogP contribution in [0.5, 0.6) is 0 Å². The highest BCUT2D eigenvalue weighted by atomic mass is 31.2. The Bertz CT molecular complexity index is 597. The molecule has 0 aromatic heterocycles. The fourth-order valence-corrected chi connectivity index (χ4v) is 2.27. The second-order valence-corrected chi connectivity index (χ2v) is 5.56. The fraction of sp³-hybridized carbons (Fsp3) is 0.250. The molecule has 0 unspecified atom stereocenters. The lowest BCUT2D eigenvalue weighted by Crippen LogP contribution is -1.94. The van der Waals surface area contributed by atoms with E-state index in [9.17, 15) is 0 Å². The Morgan fingerprint density at radius 1 is 0.857 bits per heavy atom. The molecule has 0 saturated heterocycles. The van der Waals surface area contributed by atoms with E-state index in [1.54, 1.807) is 0 Å².